The van der Waals surface area contributed by atoms with Crippen LogP contribution in [0.1, 0.15) is 42.1 Å². The summed E-state index contributed by atoms with van der Waals surface area (Å²) in [7, 11) is 0. The van der Waals surface area contributed by atoms with Crippen LogP contribution in [0.3, 0.4) is 0 Å². The molecule has 0 saturated carbocycles. The van der Waals surface area contributed by atoms with Crippen molar-refractivity contribution < 1.29 is 19.1 Å². The van der Waals surface area contributed by atoms with Crippen molar-refractivity contribution in [2.75, 3.05) is 13.1 Å². The fourth-order valence-corrected chi connectivity index (χ4v) is 3.92. The summed E-state index contributed by atoms with van der Waals surface area (Å²) in [5, 5.41) is 5.66. The van der Waals surface area contributed by atoms with Crippen molar-refractivity contribution in [2.45, 2.75) is 44.9 Å². The van der Waals surface area contributed by atoms with E-state index in [0.29, 0.717) is 24.4 Å². The Bertz CT molecular complexity index is 763. The maximum atomic E-state index is 12.7. The Morgan fingerprint density at radius 2 is 2.04 bits per heavy atom. The summed E-state index contributed by atoms with van der Waals surface area (Å²) >= 11 is 0. The summed E-state index contributed by atoms with van der Waals surface area (Å²) in [4.78, 5) is 37.7. The molecule has 0 aromatic heterocycles. The number of nitrogens with zero attached hydrogens (tertiary/aromatic N) is 1. The molecule has 0 aliphatic carbocycles. The molecule has 1 unspecified atom stereocenters. The first-order chi connectivity index (χ1) is 12.5. The summed E-state index contributed by atoms with van der Waals surface area (Å²) in [6, 6.07) is 4.92. The lowest BCUT2D eigenvalue weighted by Gasteiger charge is -2.30. The van der Waals surface area contributed by atoms with E-state index in [1.807, 2.05) is 12.1 Å². The van der Waals surface area contributed by atoms with Gasteiger partial charge in [-0.3, -0.25) is 19.7 Å². The van der Waals surface area contributed by atoms with Gasteiger partial charge in [0.1, 0.15) is 17.9 Å². The molecule has 7 nitrogen and oxygen atoms in total. The lowest BCUT2D eigenvalue weighted by molar-refractivity contribution is -0.136. The number of carbonyl (C=O) groups excluding carboxylic acids is 3. The highest BCUT2D eigenvalue weighted by Crippen LogP contribution is 2.31. The van der Waals surface area contributed by atoms with Crippen molar-refractivity contribution in [3.05, 3.63) is 29.3 Å². The largest absolute Gasteiger partial charge is 0.489 e. The number of amides is 3. The van der Waals surface area contributed by atoms with E-state index in [1.165, 1.54) is 0 Å². The first-order valence-corrected chi connectivity index (χ1v) is 9.18. The molecule has 3 atom stereocenters. The molecule has 3 aliphatic rings. The van der Waals surface area contributed by atoms with Crippen LogP contribution in [0.2, 0.25) is 0 Å². The molecule has 2 N–H and O–H groups in total. The Labute approximate surface area is 152 Å². The van der Waals surface area contributed by atoms with Gasteiger partial charge in [-0.05, 0) is 49.1 Å². The molecule has 0 bridgehead atoms. The van der Waals surface area contributed by atoms with Gasteiger partial charge >= 0.3 is 0 Å². The molecule has 3 aliphatic heterocycles. The Morgan fingerprint density at radius 3 is 2.81 bits per heavy atom. The van der Waals surface area contributed by atoms with Gasteiger partial charge in [0.25, 0.3) is 5.91 Å². The SMILES string of the molecule is C[C@H]1CCNC[C@@H]1Oc1ccc2c(c1)CN(C1CCC(=O)NC1=O)C2=O. The zero-order chi connectivity index (χ0) is 18.3. The molecule has 26 heavy (non-hydrogen) atoms. The van der Waals surface area contributed by atoms with E-state index in [0.717, 1.165) is 30.8 Å². The predicted octanol–water partition coefficient (Wildman–Crippen LogP) is 0.824. The summed E-state index contributed by atoms with van der Waals surface area (Å²) < 4.78 is 6.13. The second-order valence-corrected chi connectivity index (χ2v) is 7.35. The van der Waals surface area contributed by atoms with E-state index in [9.17, 15) is 14.4 Å². The van der Waals surface area contributed by atoms with Gasteiger partial charge in [-0.15, -0.1) is 0 Å². The van der Waals surface area contributed by atoms with Gasteiger partial charge in [0.2, 0.25) is 11.8 Å². The van der Waals surface area contributed by atoms with Crippen molar-refractivity contribution in [3.8, 4) is 5.75 Å². The van der Waals surface area contributed by atoms with E-state index in [1.54, 1.807) is 11.0 Å². The molecular weight excluding hydrogens is 334 g/mol. The lowest BCUT2D eigenvalue weighted by Crippen LogP contribution is -2.52. The normalized spacial score (nSPS) is 28.7. The molecule has 3 amide bonds. The lowest BCUT2D eigenvalue weighted by atomic mass is 9.97. The first-order valence-electron chi connectivity index (χ1n) is 9.18. The summed E-state index contributed by atoms with van der Waals surface area (Å²) in [5.74, 6) is 0.407. The Kier molecular flexibility index (Phi) is 4.40. The zero-order valence-electron chi connectivity index (χ0n) is 14.8. The number of hydrogen-bond acceptors (Lipinski definition) is 5. The number of fused-ring (bicyclic) bond motifs is 1. The van der Waals surface area contributed by atoms with E-state index in [2.05, 4.69) is 17.6 Å². The molecule has 1 aromatic rings. The van der Waals surface area contributed by atoms with E-state index in [-0.39, 0.29) is 30.2 Å². The third kappa shape index (κ3) is 3.07. The number of ether oxygens (including phenoxy) is 1. The third-order valence-corrected chi connectivity index (χ3v) is 5.54. The maximum Gasteiger partial charge on any atom is 0.255 e. The minimum absolute atomic E-state index is 0.116. The van der Waals surface area contributed by atoms with Gasteiger partial charge in [0.05, 0.1) is 0 Å². The quantitative estimate of drug-likeness (QED) is 0.782. The number of imide groups is 1. The Morgan fingerprint density at radius 1 is 1.19 bits per heavy atom. The minimum Gasteiger partial charge on any atom is -0.489 e. The van der Waals surface area contributed by atoms with Gasteiger partial charge in [-0.25, -0.2) is 0 Å². The van der Waals surface area contributed by atoms with Gasteiger partial charge in [0, 0.05) is 25.1 Å². The highest BCUT2D eigenvalue weighted by Gasteiger charge is 2.39. The topological polar surface area (TPSA) is 87.7 Å². The number of hydrogen-bond donors (Lipinski definition) is 2. The first kappa shape index (κ1) is 17.0. The number of rotatable bonds is 3. The number of benzene rings is 1. The molecule has 3 heterocycles. The fourth-order valence-electron chi connectivity index (χ4n) is 3.92. The Hall–Kier alpha value is -2.41. The van der Waals surface area contributed by atoms with E-state index < -0.39 is 6.04 Å². The van der Waals surface area contributed by atoms with Crippen LogP contribution < -0.4 is 15.4 Å². The molecule has 138 valence electrons. The van der Waals surface area contributed by atoms with Gasteiger partial charge in [-0.2, -0.15) is 0 Å². The van der Waals surface area contributed by atoms with E-state index >= 15 is 0 Å². The maximum absolute atomic E-state index is 12.7. The second-order valence-electron chi connectivity index (χ2n) is 7.35. The highest BCUT2D eigenvalue weighted by atomic mass is 16.5. The fraction of sp³-hybridized carbons (Fsp3) is 0.526. The average Bonchev–Trinajstić information content (AvgIpc) is 2.93. The Balaban J connectivity index is 1.49. The standard InChI is InChI=1S/C19H23N3O4/c1-11-6-7-20-9-16(11)26-13-2-3-14-12(8-13)10-22(19(14)25)15-4-5-17(23)21-18(15)24/h2-3,8,11,15-16,20H,4-7,9-10H2,1H3,(H,21,23,24)/t11-,15?,16-/m0/s1. The molecule has 2 fully saturated rings. The average molecular weight is 357 g/mol. The van der Waals surface area contributed by atoms with Crippen LogP contribution in [0.5, 0.6) is 5.75 Å². The van der Waals surface area contributed by atoms with E-state index in [4.69, 9.17) is 4.74 Å². The second kappa shape index (κ2) is 6.72. The molecule has 4 rings (SSSR count). The van der Waals surface area contributed by atoms with Crippen molar-refractivity contribution in [2.24, 2.45) is 5.92 Å². The molecular formula is C19H23N3O4. The predicted molar refractivity (Wildman–Crippen MR) is 93.6 cm³/mol. The van der Waals surface area contributed by atoms with Crippen molar-refractivity contribution >= 4 is 17.7 Å². The number of nitrogens with one attached hydrogen (secondary N) is 2. The molecule has 0 spiro atoms. The van der Waals surface area contributed by atoms with Crippen LogP contribution >= 0.6 is 0 Å². The van der Waals surface area contributed by atoms with Crippen LogP contribution in [0, 0.1) is 5.92 Å². The highest BCUT2D eigenvalue weighted by molar-refractivity contribution is 6.05. The van der Waals surface area contributed by atoms with Crippen molar-refractivity contribution in [1.82, 2.24) is 15.5 Å². The van der Waals surface area contributed by atoms with Crippen LogP contribution in [0.15, 0.2) is 18.2 Å². The summed E-state index contributed by atoms with van der Waals surface area (Å²) in [6.07, 6.45) is 1.83. The summed E-state index contributed by atoms with van der Waals surface area (Å²) in [5.41, 5.74) is 1.48. The van der Waals surface area contributed by atoms with Crippen molar-refractivity contribution in [3.63, 3.8) is 0 Å². The molecule has 7 heteroatoms. The van der Waals surface area contributed by atoms with Gasteiger partial charge < -0.3 is 15.0 Å². The molecule has 0 radical (unpaired) electrons. The number of piperidine rings is 2. The van der Waals surface area contributed by atoms with Crippen LogP contribution in [-0.2, 0) is 16.1 Å². The van der Waals surface area contributed by atoms with Crippen molar-refractivity contribution in [1.29, 1.82) is 0 Å². The molecule has 2 saturated heterocycles. The van der Waals surface area contributed by atoms with Crippen LogP contribution in [0.25, 0.3) is 0 Å². The van der Waals surface area contributed by atoms with Gasteiger partial charge in [0.15, 0.2) is 0 Å². The molecule has 1 aromatic carbocycles. The number of carbonyl (C=O) groups is 3. The summed E-state index contributed by atoms with van der Waals surface area (Å²) in [6.45, 7) is 4.39. The van der Waals surface area contributed by atoms with Crippen LogP contribution in [0.4, 0.5) is 0 Å². The minimum atomic E-state index is -0.584. The third-order valence-electron chi connectivity index (χ3n) is 5.54. The smallest absolute Gasteiger partial charge is 0.255 e. The van der Waals surface area contributed by atoms with Gasteiger partial charge in [-0.1, -0.05) is 6.92 Å². The van der Waals surface area contributed by atoms with Crippen LogP contribution in [-0.4, -0.2) is 47.9 Å². The monoisotopic (exact) mass is 357 g/mol. The zero-order valence-corrected chi connectivity index (χ0v) is 14.8.